The number of rotatable bonds is 6. The van der Waals surface area contributed by atoms with Gasteiger partial charge in [0.1, 0.15) is 11.2 Å². The lowest BCUT2D eigenvalue weighted by molar-refractivity contribution is 0.669. The van der Waals surface area contributed by atoms with Crippen LogP contribution >= 0.6 is 0 Å². The SMILES string of the molecule is CC1(c2ccccc2)c2ccccc2-c2c(-c3ccccc3-c3cc(-c4ccc(-c5ccc6oc7ccccc7c6c5)cc4)nc(-c4ccccc4)n3)cccc21. The van der Waals surface area contributed by atoms with Crippen molar-refractivity contribution in [3.63, 3.8) is 0 Å². The normalized spacial score (nSPS) is 14.5. The van der Waals surface area contributed by atoms with Crippen molar-refractivity contribution in [3.05, 3.63) is 217 Å². The number of hydrogen-bond acceptors (Lipinski definition) is 3. The van der Waals surface area contributed by atoms with E-state index < -0.39 is 0 Å². The van der Waals surface area contributed by atoms with Crippen LogP contribution in [0, 0.1) is 0 Å². The van der Waals surface area contributed by atoms with Crippen molar-refractivity contribution in [3.8, 4) is 67.3 Å². The maximum Gasteiger partial charge on any atom is 0.160 e. The van der Waals surface area contributed by atoms with Crippen LogP contribution in [-0.4, -0.2) is 9.97 Å². The molecule has 1 atom stereocenters. The van der Waals surface area contributed by atoms with Gasteiger partial charge in [0.25, 0.3) is 0 Å². The number of aromatic nitrogens is 2. The van der Waals surface area contributed by atoms with Crippen molar-refractivity contribution < 1.29 is 4.42 Å². The Morgan fingerprint density at radius 1 is 0.386 bits per heavy atom. The summed E-state index contributed by atoms with van der Waals surface area (Å²) < 4.78 is 6.10. The molecule has 57 heavy (non-hydrogen) atoms. The second-order valence-electron chi connectivity index (χ2n) is 15.0. The zero-order chi connectivity index (χ0) is 37.9. The highest BCUT2D eigenvalue weighted by atomic mass is 16.3. The minimum atomic E-state index is -0.287. The Morgan fingerprint density at radius 2 is 0.982 bits per heavy atom. The molecule has 0 bridgehead atoms. The van der Waals surface area contributed by atoms with E-state index in [1.54, 1.807) is 0 Å². The van der Waals surface area contributed by atoms with E-state index in [0.717, 1.165) is 66.7 Å². The lowest BCUT2D eigenvalue weighted by atomic mass is 9.74. The third kappa shape index (κ3) is 5.35. The average Bonchev–Trinajstić information content (AvgIpc) is 3.80. The van der Waals surface area contributed by atoms with E-state index in [-0.39, 0.29) is 5.41 Å². The zero-order valence-corrected chi connectivity index (χ0v) is 31.4. The molecule has 0 N–H and O–H groups in total. The molecule has 2 heterocycles. The van der Waals surface area contributed by atoms with Crippen molar-refractivity contribution in [2.75, 3.05) is 0 Å². The van der Waals surface area contributed by atoms with E-state index >= 15 is 0 Å². The molecule has 1 unspecified atom stereocenters. The summed E-state index contributed by atoms with van der Waals surface area (Å²) >= 11 is 0. The fourth-order valence-electron chi connectivity index (χ4n) is 8.98. The van der Waals surface area contributed by atoms with E-state index in [9.17, 15) is 0 Å². The van der Waals surface area contributed by atoms with Gasteiger partial charge in [-0.15, -0.1) is 0 Å². The molecule has 0 saturated carbocycles. The fraction of sp³-hybridized carbons (Fsp3) is 0.0370. The highest BCUT2D eigenvalue weighted by Gasteiger charge is 2.41. The second kappa shape index (κ2) is 13.1. The predicted molar refractivity (Wildman–Crippen MR) is 234 cm³/mol. The maximum atomic E-state index is 6.10. The topological polar surface area (TPSA) is 38.9 Å². The van der Waals surface area contributed by atoms with Crippen molar-refractivity contribution in [2.45, 2.75) is 12.3 Å². The Balaban J connectivity index is 1.05. The monoisotopic (exact) mass is 728 g/mol. The third-order valence-electron chi connectivity index (χ3n) is 11.8. The first kappa shape index (κ1) is 33.0. The van der Waals surface area contributed by atoms with Crippen molar-refractivity contribution >= 4 is 21.9 Å². The summed E-state index contributed by atoms with van der Waals surface area (Å²) in [5.41, 5.74) is 17.4. The Kier molecular flexibility index (Phi) is 7.61. The van der Waals surface area contributed by atoms with Crippen LogP contribution in [0.1, 0.15) is 23.6 Å². The highest BCUT2D eigenvalue weighted by molar-refractivity contribution is 6.06. The van der Waals surface area contributed by atoms with E-state index in [4.69, 9.17) is 14.4 Å². The van der Waals surface area contributed by atoms with Gasteiger partial charge in [-0.1, -0.05) is 176 Å². The lowest BCUT2D eigenvalue weighted by Crippen LogP contribution is -2.22. The van der Waals surface area contributed by atoms with Crippen LogP contribution < -0.4 is 0 Å². The van der Waals surface area contributed by atoms with Crippen LogP contribution in [0.15, 0.2) is 205 Å². The molecule has 10 aromatic rings. The molecule has 0 saturated heterocycles. The summed E-state index contributed by atoms with van der Waals surface area (Å²) in [6, 6.07) is 71.1. The van der Waals surface area contributed by atoms with Gasteiger partial charge in [0.15, 0.2) is 5.82 Å². The molecule has 3 heteroatoms. The predicted octanol–water partition coefficient (Wildman–Crippen LogP) is 14.0. The van der Waals surface area contributed by atoms with Gasteiger partial charge in [0.2, 0.25) is 0 Å². The minimum Gasteiger partial charge on any atom is -0.456 e. The summed E-state index contributed by atoms with van der Waals surface area (Å²) in [7, 11) is 0. The molecule has 8 aromatic carbocycles. The van der Waals surface area contributed by atoms with Crippen LogP contribution in [0.5, 0.6) is 0 Å². The van der Waals surface area contributed by atoms with Crippen molar-refractivity contribution in [1.82, 2.24) is 9.97 Å². The van der Waals surface area contributed by atoms with Gasteiger partial charge in [0.05, 0.1) is 11.4 Å². The number of furan rings is 1. The molecule has 0 aliphatic heterocycles. The number of hydrogen-bond donors (Lipinski definition) is 0. The van der Waals surface area contributed by atoms with E-state index in [1.807, 2.05) is 30.3 Å². The molecule has 3 nitrogen and oxygen atoms in total. The number of fused-ring (bicyclic) bond motifs is 6. The molecule has 1 aliphatic carbocycles. The van der Waals surface area contributed by atoms with Crippen LogP contribution in [0.25, 0.3) is 89.2 Å². The Bertz CT molecular complexity index is 3130. The molecule has 1 aliphatic rings. The molecule has 0 amide bonds. The van der Waals surface area contributed by atoms with Gasteiger partial charge in [0, 0.05) is 32.9 Å². The number of benzene rings is 8. The third-order valence-corrected chi connectivity index (χ3v) is 11.8. The summed E-state index contributed by atoms with van der Waals surface area (Å²) in [5.74, 6) is 0.694. The van der Waals surface area contributed by atoms with Gasteiger partial charge in [-0.05, 0) is 81.3 Å². The average molecular weight is 729 g/mol. The standard InChI is InChI=1S/C54H36N2O/c1-54(39-17-6-3-7-18-39)46-24-12-10-22-44(46)52-43(23-14-25-47(52)54)40-19-8-9-20-41(40)49-34-48(55-53(56-49)37-15-4-2-5-16-37)36-29-27-35(28-30-36)38-31-32-51-45(33-38)42-21-11-13-26-50(42)57-51/h2-34H,1H3. The van der Waals surface area contributed by atoms with Gasteiger partial charge in [-0.3, -0.25) is 0 Å². The van der Waals surface area contributed by atoms with E-state index in [0.29, 0.717) is 5.82 Å². The van der Waals surface area contributed by atoms with Crippen LogP contribution in [0.2, 0.25) is 0 Å². The van der Waals surface area contributed by atoms with Gasteiger partial charge >= 0.3 is 0 Å². The quantitative estimate of drug-likeness (QED) is 0.171. The minimum absolute atomic E-state index is 0.287. The first-order chi connectivity index (χ1) is 28.1. The Labute approximate surface area is 331 Å². The maximum absolute atomic E-state index is 6.10. The summed E-state index contributed by atoms with van der Waals surface area (Å²) in [6.07, 6.45) is 0. The van der Waals surface area contributed by atoms with Crippen molar-refractivity contribution in [1.29, 1.82) is 0 Å². The number of para-hydroxylation sites is 1. The van der Waals surface area contributed by atoms with Gasteiger partial charge < -0.3 is 4.42 Å². The molecule has 268 valence electrons. The largest absolute Gasteiger partial charge is 0.456 e. The van der Waals surface area contributed by atoms with Crippen LogP contribution in [0.4, 0.5) is 0 Å². The van der Waals surface area contributed by atoms with Gasteiger partial charge in [-0.25, -0.2) is 9.97 Å². The molecule has 2 aromatic heterocycles. The molecular weight excluding hydrogens is 693 g/mol. The molecule has 0 spiro atoms. The summed E-state index contributed by atoms with van der Waals surface area (Å²) in [6.45, 7) is 2.37. The first-order valence-corrected chi connectivity index (χ1v) is 19.5. The van der Waals surface area contributed by atoms with E-state index in [2.05, 4.69) is 177 Å². The molecule has 0 radical (unpaired) electrons. The van der Waals surface area contributed by atoms with Crippen molar-refractivity contribution in [2.24, 2.45) is 0 Å². The molecule has 0 fully saturated rings. The number of nitrogens with zero attached hydrogens (tertiary/aromatic N) is 2. The van der Waals surface area contributed by atoms with Gasteiger partial charge in [-0.2, -0.15) is 0 Å². The van der Waals surface area contributed by atoms with E-state index in [1.165, 1.54) is 33.4 Å². The van der Waals surface area contributed by atoms with Crippen LogP contribution in [-0.2, 0) is 5.41 Å². The highest BCUT2D eigenvalue weighted by Crippen LogP contribution is 2.55. The zero-order valence-electron chi connectivity index (χ0n) is 31.4. The Hall–Kier alpha value is -7.36. The second-order valence-corrected chi connectivity index (χ2v) is 15.0. The molecule has 11 rings (SSSR count). The Morgan fingerprint density at radius 3 is 1.81 bits per heavy atom. The smallest absolute Gasteiger partial charge is 0.160 e. The summed E-state index contributed by atoms with van der Waals surface area (Å²) in [4.78, 5) is 10.5. The summed E-state index contributed by atoms with van der Waals surface area (Å²) in [5, 5.41) is 2.25. The fourth-order valence-corrected chi connectivity index (χ4v) is 8.98. The first-order valence-electron chi connectivity index (χ1n) is 19.5. The lowest BCUT2D eigenvalue weighted by Gasteiger charge is -2.28. The molecular formula is C54H36N2O. The van der Waals surface area contributed by atoms with Crippen LogP contribution in [0.3, 0.4) is 0 Å².